The highest BCUT2D eigenvalue weighted by Gasteiger charge is 2.32. The maximum atomic E-state index is 12.3. The van der Waals surface area contributed by atoms with Crippen LogP contribution in [0.4, 0.5) is 0 Å². The molecule has 7 heteroatoms. The van der Waals surface area contributed by atoms with Crippen LogP contribution in [0.25, 0.3) is 0 Å². The highest BCUT2D eigenvalue weighted by Crippen LogP contribution is 2.28. The minimum atomic E-state index is -3.13. The van der Waals surface area contributed by atoms with Gasteiger partial charge in [-0.15, -0.1) is 0 Å². The number of rotatable bonds is 4. The number of nitrogens with zero attached hydrogens (tertiary/aromatic N) is 1. The molecule has 1 fully saturated rings. The molecule has 0 saturated carbocycles. The van der Waals surface area contributed by atoms with Crippen LogP contribution >= 0.6 is 0 Å². The van der Waals surface area contributed by atoms with Gasteiger partial charge in [-0.25, -0.2) is 12.7 Å². The molecule has 1 amide bonds. The number of hydrogen-bond donors (Lipinski definition) is 1. The van der Waals surface area contributed by atoms with Gasteiger partial charge in [0.2, 0.25) is 10.0 Å². The van der Waals surface area contributed by atoms with Crippen molar-refractivity contribution < 1.29 is 17.9 Å². The molecule has 0 spiro atoms. The summed E-state index contributed by atoms with van der Waals surface area (Å²) in [5.74, 6) is 0.785. The molecule has 0 aromatic heterocycles. The van der Waals surface area contributed by atoms with E-state index in [9.17, 15) is 13.2 Å². The van der Waals surface area contributed by atoms with Crippen LogP contribution in [0.5, 0.6) is 5.75 Å². The molecule has 2 aliphatic rings. The monoisotopic (exact) mass is 338 g/mol. The van der Waals surface area contributed by atoms with Crippen molar-refractivity contribution in [1.82, 2.24) is 9.62 Å². The standard InChI is InChI=1S/C16H22N2O4S/c1-2-23(20,21)18-9-7-13(8-10-18)17-16(19)15-11-12-5-3-4-6-14(12)22-15/h3-6,13,15H,2,7-11H2,1H3,(H,17,19)/t15-/m1/s1. The Bertz CT molecular complexity index is 656. The van der Waals surface area contributed by atoms with Gasteiger partial charge < -0.3 is 10.1 Å². The van der Waals surface area contributed by atoms with E-state index in [2.05, 4.69) is 5.32 Å². The average molecular weight is 338 g/mol. The first-order chi connectivity index (χ1) is 11.0. The molecule has 1 N–H and O–H groups in total. The Hall–Kier alpha value is -1.60. The van der Waals surface area contributed by atoms with Crippen LogP contribution in [0.15, 0.2) is 24.3 Å². The Morgan fingerprint density at radius 1 is 1.30 bits per heavy atom. The molecule has 1 saturated heterocycles. The zero-order valence-corrected chi connectivity index (χ0v) is 14.0. The fourth-order valence-corrected chi connectivity index (χ4v) is 4.22. The summed E-state index contributed by atoms with van der Waals surface area (Å²) in [4.78, 5) is 12.3. The van der Waals surface area contributed by atoms with Crippen molar-refractivity contribution in [1.29, 1.82) is 0 Å². The van der Waals surface area contributed by atoms with Crippen LogP contribution < -0.4 is 10.1 Å². The van der Waals surface area contributed by atoms with E-state index in [4.69, 9.17) is 4.74 Å². The Balaban J connectivity index is 1.51. The zero-order valence-electron chi connectivity index (χ0n) is 13.2. The fraction of sp³-hybridized carbons (Fsp3) is 0.562. The molecule has 1 aromatic carbocycles. The number of ether oxygens (including phenoxy) is 1. The van der Waals surface area contributed by atoms with Gasteiger partial charge in [0.05, 0.1) is 5.75 Å². The Morgan fingerprint density at radius 3 is 2.65 bits per heavy atom. The van der Waals surface area contributed by atoms with E-state index in [-0.39, 0.29) is 17.7 Å². The number of nitrogens with one attached hydrogen (secondary N) is 1. The third-order valence-electron chi connectivity index (χ3n) is 4.50. The lowest BCUT2D eigenvalue weighted by Crippen LogP contribution is -2.49. The number of sulfonamides is 1. The quantitative estimate of drug-likeness (QED) is 0.886. The van der Waals surface area contributed by atoms with Gasteiger partial charge in [0.1, 0.15) is 5.75 Å². The molecule has 0 bridgehead atoms. The predicted molar refractivity (Wildman–Crippen MR) is 86.8 cm³/mol. The van der Waals surface area contributed by atoms with Crippen molar-refractivity contribution in [2.45, 2.75) is 38.3 Å². The molecular weight excluding hydrogens is 316 g/mol. The minimum absolute atomic E-state index is 0.0121. The van der Waals surface area contributed by atoms with E-state index >= 15 is 0 Å². The largest absolute Gasteiger partial charge is 0.480 e. The average Bonchev–Trinajstić information content (AvgIpc) is 2.99. The number of para-hydroxylation sites is 1. The Kier molecular flexibility index (Phi) is 4.59. The predicted octanol–water partition coefficient (Wildman–Crippen LogP) is 0.920. The second kappa shape index (κ2) is 6.49. The van der Waals surface area contributed by atoms with Crippen molar-refractivity contribution in [2.75, 3.05) is 18.8 Å². The highest BCUT2D eigenvalue weighted by molar-refractivity contribution is 7.89. The van der Waals surface area contributed by atoms with Crippen LogP contribution in [-0.4, -0.2) is 49.6 Å². The molecular formula is C16H22N2O4S. The molecule has 0 aliphatic carbocycles. The summed E-state index contributed by atoms with van der Waals surface area (Å²) in [6, 6.07) is 7.68. The lowest BCUT2D eigenvalue weighted by atomic mass is 10.1. The molecule has 1 aromatic rings. The number of fused-ring (bicyclic) bond motifs is 1. The molecule has 2 heterocycles. The SMILES string of the molecule is CCS(=O)(=O)N1CCC(NC(=O)[C@H]2Cc3ccccc3O2)CC1. The summed E-state index contributed by atoms with van der Waals surface area (Å²) in [5, 5.41) is 3.00. The maximum absolute atomic E-state index is 12.3. The van der Waals surface area contributed by atoms with Gasteiger partial charge in [0.25, 0.3) is 5.91 Å². The molecule has 6 nitrogen and oxygen atoms in total. The normalized spacial score (nSPS) is 22.4. The van der Waals surface area contributed by atoms with Crippen molar-refractivity contribution >= 4 is 15.9 Å². The van der Waals surface area contributed by atoms with E-state index in [0.29, 0.717) is 32.4 Å². The van der Waals surface area contributed by atoms with Crippen molar-refractivity contribution in [3.63, 3.8) is 0 Å². The smallest absolute Gasteiger partial charge is 0.261 e. The summed E-state index contributed by atoms with van der Waals surface area (Å²) < 4.78 is 30.9. The number of carbonyl (C=O) groups is 1. The highest BCUT2D eigenvalue weighted by atomic mass is 32.2. The molecule has 0 radical (unpaired) electrons. The van der Waals surface area contributed by atoms with Gasteiger partial charge in [-0.2, -0.15) is 0 Å². The lowest BCUT2D eigenvalue weighted by Gasteiger charge is -2.31. The molecule has 1 atom stereocenters. The van der Waals surface area contributed by atoms with Crippen molar-refractivity contribution in [3.05, 3.63) is 29.8 Å². The van der Waals surface area contributed by atoms with Gasteiger partial charge in [-0.05, 0) is 31.4 Å². The first-order valence-electron chi connectivity index (χ1n) is 8.02. The Labute approximate surface area is 136 Å². The fourth-order valence-electron chi connectivity index (χ4n) is 3.08. The number of amides is 1. The van der Waals surface area contributed by atoms with Crippen molar-refractivity contribution in [2.24, 2.45) is 0 Å². The summed E-state index contributed by atoms with van der Waals surface area (Å²) >= 11 is 0. The van der Waals surface area contributed by atoms with Crippen molar-refractivity contribution in [3.8, 4) is 5.75 Å². The van der Waals surface area contributed by atoms with Gasteiger partial charge in [0.15, 0.2) is 6.10 Å². The third-order valence-corrected chi connectivity index (χ3v) is 6.38. The minimum Gasteiger partial charge on any atom is -0.480 e. The van der Waals surface area contributed by atoms with E-state index in [0.717, 1.165) is 11.3 Å². The topological polar surface area (TPSA) is 75.7 Å². The summed E-state index contributed by atoms with van der Waals surface area (Å²) in [6.07, 6.45) is 1.39. The lowest BCUT2D eigenvalue weighted by molar-refractivity contribution is -0.128. The number of piperidine rings is 1. The van der Waals surface area contributed by atoms with E-state index in [1.165, 1.54) is 4.31 Å². The number of benzene rings is 1. The van der Waals surface area contributed by atoms with Crippen LogP contribution in [0, 0.1) is 0 Å². The zero-order chi connectivity index (χ0) is 16.4. The maximum Gasteiger partial charge on any atom is 0.261 e. The van der Waals surface area contributed by atoms with E-state index in [1.807, 2.05) is 24.3 Å². The summed E-state index contributed by atoms with van der Waals surface area (Å²) in [5.41, 5.74) is 1.05. The van der Waals surface area contributed by atoms with Gasteiger partial charge in [-0.3, -0.25) is 4.79 Å². The second-order valence-electron chi connectivity index (χ2n) is 6.00. The van der Waals surface area contributed by atoms with E-state index < -0.39 is 16.1 Å². The Morgan fingerprint density at radius 2 is 2.00 bits per heavy atom. The number of hydrogen-bond acceptors (Lipinski definition) is 4. The number of carbonyl (C=O) groups excluding carboxylic acids is 1. The third kappa shape index (κ3) is 3.50. The van der Waals surface area contributed by atoms with Crippen LogP contribution in [0.2, 0.25) is 0 Å². The van der Waals surface area contributed by atoms with Crippen LogP contribution in [0.1, 0.15) is 25.3 Å². The summed E-state index contributed by atoms with van der Waals surface area (Å²) in [6.45, 7) is 2.58. The van der Waals surface area contributed by atoms with Crippen LogP contribution in [-0.2, 0) is 21.2 Å². The second-order valence-corrected chi connectivity index (χ2v) is 8.26. The molecule has 126 valence electrons. The van der Waals surface area contributed by atoms with Gasteiger partial charge in [-0.1, -0.05) is 18.2 Å². The van der Waals surface area contributed by atoms with Gasteiger partial charge in [0, 0.05) is 25.6 Å². The first-order valence-corrected chi connectivity index (χ1v) is 9.63. The van der Waals surface area contributed by atoms with E-state index in [1.54, 1.807) is 6.92 Å². The summed E-state index contributed by atoms with van der Waals surface area (Å²) in [7, 11) is -3.13. The molecule has 3 rings (SSSR count). The first kappa shape index (κ1) is 16.3. The van der Waals surface area contributed by atoms with Crippen LogP contribution in [0.3, 0.4) is 0 Å². The molecule has 0 unspecified atom stereocenters. The van der Waals surface area contributed by atoms with Gasteiger partial charge >= 0.3 is 0 Å². The molecule has 23 heavy (non-hydrogen) atoms. The molecule has 2 aliphatic heterocycles.